The lowest BCUT2D eigenvalue weighted by molar-refractivity contribution is 0.500. The van der Waals surface area contributed by atoms with Crippen LogP contribution < -0.4 is 5.32 Å². The summed E-state index contributed by atoms with van der Waals surface area (Å²) in [5.41, 5.74) is 1.21. The highest BCUT2D eigenvalue weighted by molar-refractivity contribution is 9.10. The molecular formula is C14H15BrClNS. The average Bonchev–Trinajstić information content (AvgIpc) is 2.76. The summed E-state index contributed by atoms with van der Waals surface area (Å²) in [5, 5.41) is 6.48. The van der Waals surface area contributed by atoms with Gasteiger partial charge in [-0.25, -0.2) is 0 Å². The first-order valence-electron chi connectivity index (χ1n) is 5.81. The molecule has 4 heteroatoms. The maximum atomic E-state index is 6.01. The molecule has 2 rings (SSSR count). The largest absolute Gasteiger partial charge is 0.303 e. The van der Waals surface area contributed by atoms with E-state index in [1.807, 2.05) is 18.2 Å². The quantitative estimate of drug-likeness (QED) is 0.764. The molecule has 1 nitrogen and oxygen atoms in total. The van der Waals surface area contributed by atoms with E-state index >= 15 is 0 Å². The van der Waals surface area contributed by atoms with Gasteiger partial charge in [0.15, 0.2) is 0 Å². The van der Waals surface area contributed by atoms with Crippen molar-refractivity contribution in [1.29, 1.82) is 0 Å². The molecule has 0 amide bonds. The molecule has 1 aromatic heterocycles. The molecule has 1 aromatic carbocycles. The second kappa shape index (κ2) is 6.20. The smallest absolute Gasteiger partial charge is 0.0409 e. The van der Waals surface area contributed by atoms with Crippen molar-refractivity contribution in [3.63, 3.8) is 0 Å². The number of benzene rings is 1. The van der Waals surface area contributed by atoms with Gasteiger partial charge in [0.05, 0.1) is 0 Å². The van der Waals surface area contributed by atoms with Crippen LogP contribution in [0, 0.1) is 0 Å². The maximum absolute atomic E-state index is 6.01. The molecule has 2 atom stereocenters. The van der Waals surface area contributed by atoms with Crippen molar-refractivity contribution in [3.05, 3.63) is 55.6 Å². The third-order valence-electron chi connectivity index (χ3n) is 2.86. The summed E-state index contributed by atoms with van der Waals surface area (Å²) in [5.74, 6) is 0. The van der Waals surface area contributed by atoms with Crippen LogP contribution in [0.25, 0.3) is 0 Å². The van der Waals surface area contributed by atoms with Gasteiger partial charge in [0.25, 0.3) is 0 Å². The number of hydrogen-bond donors (Lipinski definition) is 1. The Labute approximate surface area is 125 Å². The molecule has 0 aliphatic carbocycles. The average molecular weight is 345 g/mol. The van der Waals surface area contributed by atoms with Gasteiger partial charge < -0.3 is 5.32 Å². The Morgan fingerprint density at radius 2 is 2.00 bits per heavy atom. The molecule has 0 spiro atoms. The van der Waals surface area contributed by atoms with Crippen LogP contribution in [-0.2, 0) is 0 Å². The van der Waals surface area contributed by atoms with E-state index in [2.05, 4.69) is 52.6 Å². The van der Waals surface area contributed by atoms with Crippen LogP contribution in [0.5, 0.6) is 0 Å². The Kier molecular flexibility index (Phi) is 4.84. The fourth-order valence-corrected chi connectivity index (χ4v) is 3.55. The molecule has 18 heavy (non-hydrogen) atoms. The van der Waals surface area contributed by atoms with Gasteiger partial charge in [0.2, 0.25) is 0 Å². The second-order valence-corrected chi connectivity index (χ2v) is 6.63. The maximum Gasteiger partial charge on any atom is 0.0409 e. The Hall–Kier alpha value is -0.350. The molecule has 0 aliphatic rings. The molecule has 96 valence electrons. The predicted octanol–water partition coefficient (Wildman–Crippen LogP) is 5.58. The first-order valence-corrected chi connectivity index (χ1v) is 7.87. The van der Waals surface area contributed by atoms with E-state index in [4.69, 9.17) is 11.6 Å². The van der Waals surface area contributed by atoms with Crippen molar-refractivity contribution < 1.29 is 0 Å². The van der Waals surface area contributed by atoms with Crippen LogP contribution in [0.3, 0.4) is 0 Å². The van der Waals surface area contributed by atoms with Crippen molar-refractivity contribution in [2.24, 2.45) is 0 Å². The summed E-state index contributed by atoms with van der Waals surface area (Å²) >= 11 is 11.3. The topological polar surface area (TPSA) is 12.0 Å². The van der Waals surface area contributed by atoms with E-state index < -0.39 is 0 Å². The number of thiophene rings is 1. The van der Waals surface area contributed by atoms with E-state index in [1.54, 1.807) is 11.3 Å². The van der Waals surface area contributed by atoms with Crippen LogP contribution in [0.2, 0.25) is 5.02 Å². The highest BCUT2D eigenvalue weighted by Crippen LogP contribution is 2.27. The van der Waals surface area contributed by atoms with Crippen molar-refractivity contribution in [1.82, 2.24) is 5.32 Å². The van der Waals surface area contributed by atoms with Gasteiger partial charge in [0.1, 0.15) is 0 Å². The number of halogens is 2. The number of nitrogens with one attached hydrogen (secondary N) is 1. The van der Waals surface area contributed by atoms with Crippen LogP contribution in [0.4, 0.5) is 0 Å². The monoisotopic (exact) mass is 343 g/mol. The minimum atomic E-state index is 0.277. The summed E-state index contributed by atoms with van der Waals surface area (Å²) < 4.78 is 1.14. The molecule has 2 aromatic rings. The van der Waals surface area contributed by atoms with Gasteiger partial charge in [-0.3, -0.25) is 0 Å². The van der Waals surface area contributed by atoms with E-state index in [0.29, 0.717) is 6.04 Å². The predicted molar refractivity (Wildman–Crippen MR) is 83.4 cm³/mol. The molecule has 1 unspecified atom stereocenters. The highest BCUT2D eigenvalue weighted by Gasteiger charge is 2.12. The first kappa shape index (κ1) is 14.1. The molecule has 1 heterocycles. The Balaban J connectivity index is 2.05. The first-order chi connectivity index (χ1) is 8.56. The normalized spacial score (nSPS) is 14.4. The fraction of sp³-hybridized carbons (Fsp3) is 0.286. The van der Waals surface area contributed by atoms with Crippen LogP contribution in [-0.4, -0.2) is 0 Å². The Bertz CT molecular complexity index is 526. The van der Waals surface area contributed by atoms with Crippen molar-refractivity contribution in [2.45, 2.75) is 25.9 Å². The van der Waals surface area contributed by atoms with Gasteiger partial charge >= 0.3 is 0 Å². The Morgan fingerprint density at radius 1 is 1.22 bits per heavy atom. The standard InChI is InChI=1S/C14H15BrClNS/c1-9(11-4-3-5-13(16)6-11)17-10(2)14-7-12(15)8-18-14/h3-10,17H,1-2H3/t9-,10?/m0/s1. The summed E-state index contributed by atoms with van der Waals surface area (Å²) in [6.45, 7) is 4.34. The zero-order chi connectivity index (χ0) is 13.1. The molecule has 0 saturated carbocycles. The zero-order valence-electron chi connectivity index (χ0n) is 10.3. The number of hydrogen-bond acceptors (Lipinski definition) is 2. The van der Waals surface area contributed by atoms with Crippen molar-refractivity contribution >= 4 is 38.9 Å². The summed E-state index contributed by atoms with van der Waals surface area (Å²) in [4.78, 5) is 1.33. The Morgan fingerprint density at radius 3 is 2.61 bits per heavy atom. The molecule has 0 bridgehead atoms. The van der Waals surface area contributed by atoms with Gasteiger partial charge in [0, 0.05) is 31.8 Å². The summed E-state index contributed by atoms with van der Waals surface area (Å²) in [6, 6.07) is 10.8. The van der Waals surface area contributed by atoms with Crippen molar-refractivity contribution in [2.75, 3.05) is 0 Å². The van der Waals surface area contributed by atoms with Crippen LogP contribution >= 0.6 is 38.9 Å². The van der Waals surface area contributed by atoms with Crippen molar-refractivity contribution in [3.8, 4) is 0 Å². The highest BCUT2D eigenvalue weighted by atomic mass is 79.9. The third-order valence-corrected chi connectivity index (χ3v) is 4.97. The van der Waals surface area contributed by atoms with Gasteiger partial charge in [-0.1, -0.05) is 23.7 Å². The number of rotatable bonds is 4. The lowest BCUT2D eigenvalue weighted by atomic mass is 10.1. The van der Waals surface area contributed by atoms with Crippen LogP contribution in [0.1, 0.15) is 36.4 Å². The van der Waals surface area contributed by atoms with E-state index in [1.165, 1.54) is 10.4 Å². The molecule has 0 radical (unpaired) electrons. The van der Waals surface area contributed by atoms with Gasteiger partial charge in [-0.2, -0.15) is 0 Å². The molecule has 0 fully saturated rings. The van der Waals surface area contributed by atoms with Gasteiger partial charge in [-0.15, -0.1) is 11.3 Å². The minimum Gasteiger partial charge on any atom is -0.303 e. The molecule has 0 saturated heterocycles. The third kappa shape index (κ3) is 3.58. The van der Waals surface area contributed by atoms with E-state index in [9.17, 15) is 0 Å². The van der Waals surface area contributed by atoms with Gasteiger partial charge in [-0.05, 0) is 53.5 Å². The summed E-state index contributed by atoms with van der Waals surface area (Å²) in [6.07, 6.45) is 0. The molecular weight excluding hydrogens is 330 g/mol. The van der Waals surface area contributed by atoms with E-state index in [0.717, 1.165) is 9.50 Å². The summed E-state index contributed by atoms with van der Waals surface area (Å²) in [7, 11) is 0. The minimum absolute atomic E-state index is 0.277. The molecule has 1 N–H and O–H groups in total. The lowest BCUT2D eigenvalue weighted by Gasteiger charge is -2.19. The van der Waals surface area contributed by atoms with E-state index in [-0.39, 0.29) is 6.04 Å². The zero-order valence-corrected chi connectivity index (χ0v) is 13.4. The molecule has 0 aliphatic heterocycles. The lowest BCUT2D eigenvalue weighted by Crippen LogP contribution is -2.21. The fourth-order valence-electron chi connectivity index (χ4n) is 1.88. The van der Waals surface area contributed by atoms with Crippen LogP contribution in [0.15, 0.2) is 40.2 Å². The second-order valence-electron chi connectivity index (χ2n) is 4.33. The SMILES string of the molecule is CC(N[C@@H](C)c1cccc(Cl)c1)c1cc(Br)cs1.